The quantitative estimate of drug-likeness (QED) is 0.335. The first-order valence-electron chi connectivity index (χ1n) is 10.2. The van der Waals surface area contributed by atoms with Gasteiger partial charge in [-0.15, -0.1) is 23.1 Å². The number of amides is 2. The summed E-state index contributed by atoms with van der Waals surface area (Å²) in [5.74, 6) is 0.922. The van der Waals surface area contributed by atoms with Gasteiger partial charge in [0.05, 0.1) is 11.0 Å². The van der Waals surface area contributed by atoms with Crippen molar-refractivity contribution in [1.82, 2.24) is 15.5 Å². The Morgan fingerprint density at radius 3 is 2.84 bits per heavy atom. The Hall–Kier alpha value is -3.04. The lowest BCUT2D eigenvalue weighted by atomic mass is 9.96. The smallest absolute Gasteiger partial charge is 0.238 e. The summed E-state index contributed by atoms with van der Waals surface area (Å²) in [5, 5.41) is 12.3. The van der Waals surface area contributed by atoms with E-state index in [1.165, 1.54) is 16.6 Å². The first-order valence-corrected chi connectivity index (χ1v) is 12.2. The van der Waals surface area contributed by atoms with E-state index in [0.717, 1.165) is 16.5 Å². The van der Waals surface area contributed by atoms with Crippen molar-refractivity contribution in [3.63, 3.8) is 0 Å². The SMILES string of the molecule is Cc1cc(NC(=O)C(C)SCC(=O)NCC(c2cccs2)c2c[nH]c3ccccc23)no1. The van der Waals surface area contributed by atoms with Crippen LogP contribution in [0.25, 0.3) is 10.9 Å². The van der Waals surface area contributed by atoms with Crippen LogP contribution in [0.5, 0.6) is 0 Å². The van der Waals surface area contributed by atoms with E-state index in [0.29, 0.717) is 18.1 Å². The zero-order valence-corrected chi connectivity index (χ0v) is 19.4. The molecular formula is C23H24N4O3S2. The summed E-state index contributed by atoms with van der Waals surface area (Å²) in [6.45, 7) is 4.01. The van der Waals surface area contributed by atoms with E-state index in [2.05, 4.69) is 32.9 Å². The number of thioether (sulfide) groups is 1. The predicted octanol–water partition coefficient (Wildman–Crippen LogP) is 4.53. The number of aryl methyl sites for hydroxylation is 1. The minimum Gasteiger partial charge on any atom is -0.361 e. The van der Waals surface area contributed by atoms with Gasteiger partial charge in [0.1, 0.15) is 5.76 Å². The van der Waals surface area contributed by atoms with Gasteiger partial charge >= 0.3 is 0 Å². The fourth-order valence-electron chi connectivity index (χ4n) is 3.43. The summed E-state index contributed by atoms with van der Waals surface area (Å²) >= 11 is 2.96. The van der Waals surface area contributed by atoms with Gasteiger partial charge in [0.2, 0.25) is 11.8 Å². The van der Waals surface area contributed by atoms with E-state index in [1.807, 2.05) is 35.8 Å². The summed E-state index contributed by atoms with van der Waals surface area (Å²) in [5.41, 5.74) is 2.24. The van der Waals surface area contributed by atoms with Crippen LogP contribution in [0, 0.1) is 6.92 Å². The van der Waals surface area contributed by atoms with Crippen molar-refractivity contribution < 1.29 is 14.1 Å². The zero-order chi connectivity index (χ0) is 22.5. The Morgan fingerprint density at radius 2 is 2.09 bits per heavy atom. The Bertz CT molecular complexity index is 1200. The molecule has 32 heavy (non-hydrogen) atoms. The third kappa shape index (κ3) is 5.23. The number of rotatable bonds is 9. The molecule has 0 bridgehead atoms. The maximum atomic E-state index is 12.5. The molecule has 4 aromatic rings. The Balaban J connectivity index is 1.34. The number of nitrogens with one attached hydrogen (secondary N) is 3. The molecule has 0 radical (unpaired) electrons. The highest BCUT2D eigenvalue weighted by molar-refractivity contribution is 8.01. The summed E-state index contributed by atoms with van der Waals surface area (Å²) in [6, 6.07) is 13.9. The minimum absolute atomic E-state index is 0.0521. The number of fused-ring (bicyclic) bond motifs is 1. The summed E-state index contributed by atoms with van der Waals surface area (Å²) in [6.07, 6.45) is 2.02. The standard InChI is InChI=1S/C23H24N4O3S2/c1-14-10-21(27-30-14)26-23(29)15(2)32-13-22(28)25-12-18(20-8-5-9-31-20)17-11-24-19-7-4-3-6-16(17)19/h3-11,15,18,24H,12-13H2,1-2H3,(H,25,28)(H,26,27,29). The Morgan fingerprint density at radius 1 is 1.25 bits per heavy atom. The Labute approximate surface area is 194 Å². The summed E-state index contributed by atoms with van der Waals surface area (Å²) < 4.78 is 4.95. The molecule has 2 amide bonds. The molecule has 1 aromatic carbocycles. The number of carbonyl (C=O) groups is 2. The van der Waals surface area contributed by atoms with Crippen molar-refractivity contribution in [3.8, 4) is 0 Å². The molecule has 0 spiro atoms. The van der Waals surface area contributed by atoms with Crippen LogP contribution in [0.15, 0.2) is 58.6 Å². The Kier molecular flexibility index (Phi) is 6.96. The van der Waals surface area contributed by atoms with Crippen LogP contribution in [0.4, 0.5) is 5.82 Å². The number of para-hydroxylation sites is 1. The molecule has 0 aliphatic carbocycles. The number of thiophene rings is 1. The lowest BCUT2D eigenvalue weighted by molar-refractivity contribution is -0.118. The van der Waals surface area contributed by atoms with Crippen molar-refractivity contribution in [2.75, 3.05) is 17.6 Å². The molecule has 3 heterocycles. The number of benzene rings is 1. The molecule has 2 unspecified atom stereocenters. The number of anilines is 1. The van der Waals surface area contributed by atoms with Gasteiger partial charge in [-0.2, -0.15) is 0 Å². The third-order valence-electron chi connectivity index (χ3n) is 5.10. The summed E-state index contributed by atoms with van der Waals surface area (Å²) in [4.78, 5) is 29.3. The highest BCUT2D eigenvalue weighted by Crippen LogP contribution is 2.32. The van der Waals surface area contributed by atoms with Gasteiger partial charge in [0.25, 0.3) is 0 Å². The average molecular weight is 469 g/mol. The lowest BCUT2D eigenvalue weighted by Crippen LogP contribution is -2.31. The molecule has 3 aromatic heterocycles. The van der Waals surface area contributed by atoms with Gasteiger partial charge in [-0.25, -0.2) is 0 Å². The molecule has 0 aliphatic rings. The van der Waals surface area contributed by atoms with Crippen LogP contribution >= 0.6 is 23.1 Å². The monoisotopic (exact) mass is 468 g/mol. The number of carbonyl (C=O) groups excluding carboxylic acids is 2. The maximum absolute atomic E-state index is 12.5. The molecule has 2 atom stereocenters. The van der Waals surface area contributed by atoms with E-state index >= 15 is 0 Å². The highest BCUT2D eigenvalue weighted by atomic mass is 32.2. The number of hydrogen-bond donors (Lipinski definition) is 3. The van der Waals surface area contributed by atoms with Crippen molar-refractivity contribution >= 4 is 51.6 Å². The number of nitrogens with zero attached hydrogens (tertiary/aromatic N) is 1. The van der Waals surface area contributed by atoms with Gasteiger partial charge in [-0.1, -0.05) is 29.4 Å². The second kappa shape index (κ2) is 10.1. The second-order valence-electron chi connectivity index (χ2n) is 7.43. The van der Waals surface area contributed by atoms with E-state index in [1.54, 1.807) is 31.3 Å². The van der Waals surface area contributed by atoms with Crippen LogP contribution in [0.2, 0.25) is 0 Å². The van der Waals surface area contributed by atoms with Gasteiger partial charge in [-0.3, -0.25) is 9.59 Å². The maximum Gasteiger partial charge on any atom is 0.238 e. The minimum atomic E-state index is -0.403. The van der Waals surface area contributed by atoms with Crippen molar-refractivity contribution in [2.45, 2.75) is 25.0 Å². The normalized spacial score (nSPS) is 13.1. The fraction of sp³-hybridized carbons (Fsp3) is 0.261. The molecule has 0 saturated heterocycles. The molecule has 0 saturated carbocycles. The fourth-order valence-corrected chi connectivity index (χ4v) is 4.99. The van der Waals surface area contributed by atoms with Crippen molar-refractivity contribution in [2.24, 2.45) is 0 Å². The third-order valence-corrected chi connectivity index (χ3v) is 7.23. The van der Waals surface area contributed by atoms with Crippen molar-refractivity contribution in [3.05, 3.63) is 70.2 Å². The topological polar surface area (TPSA) is 100 Å². The molecule has 0 aliphatic heterocycles. The molecule has 9 heteroatoms. The first kappa shape index (κ1) is 22.2. The molecule has 166 valence electrons. The van der Waals surface area contributed by atoms with Crippen molar-refractivity contribution in [1.29, 1.82) is 0 Å². The van der Waals surface area contributed by atoms with Gasteiger partial charge in [0.15, 0.2) is 5.82 Å². The molecule has 0 fully saturated rings. The molecular weight excluding hydrogens is 444 g/mol. The summed E-state index contributed by atoms with van der Waals surface area (Å²) in [7, 11) is 0. The van der Waals surface area contributed by atoms with Crippen LogP contribution < -0.4 is 10.6 Å². The lowest BCUT2D eigenvalue weighted by Gasteiger charge is -2.17. The van der Waals surface area contributed by atoms with E-state index in [-0.39, 0.29) is 23.5 Å². The van der Waals surface area contributed by atoms with Gasteiger partial charge < -0.3 is 20.1 Å². The predicted molar refractivity (Wildman–Crippen MR) is 129 cm³/mol. The first-order chi connectivity index (χ1) is 15.5. The number of H-pyrrole nitrogens is 1. The molecule has 3 N–H and O–H groups in total. The zero-order valence-electron chi connectivity index (χ0n) is 17.8. The highest BCUT2D eigenvalue weighted by Gasteiger charge is 2.21. The second-order valence-corrected chi connectivity index (χ2v) is 9.74. The van der Waals surface area contributed by atoms with Gasteiger partial charge in [-0.05, 0) is 36.9 Å². The van der Waals surface area contributed by atoms with Crippen LogP contribution in [-0.2, 0) is 9.59 Å². The average Bonchev–Trinajstić information content (AvgIpc) is 3.54. The van der Waals surface area contributed by atoms with Crippen LogP contribution in [-0.4, -0.2) is 39.5 Å². The number of aromatic nitrogens is 2. The van der Waals surface area contributed by atoms with Crippen LogP contribution in [0.3, 0.4) is 0 Å². The number of aromatic amines is 1. The van der Waals surface area contributed by atoms with Gasteiger partial charge in [0, 0.05) is 40.5 Å². The largest absolute Gasteiger partial charge is 0.361 e. The van der Waals surface area contributed by atoms with E-state index in [4.69, 9.17) is 4.52 Å². The van der Waals surface area contributed by atoms with Crippen LogP contribution in [0.1, 0.15) is 29.0 Å². The number of hydrogen-bond acceptors (Lipinski definition) is 6. The van der Waals surface area contributed by atoms with E-state index in [9.17, 15) is 9.59 Å². The molecule has 7 nitrogen and oxygen atoms in total. The van der Waals surface area contributed by atoms with E-state index < -0.39 is 5.25 Å². The molecule has 4 rings (SSSR count).